The number of nitrogens with zero attached hydrogens (tertiary/aromatic N) is 1. The molecule has 0 radical (unpaired) electrons. The molecule has 3 nitrogen and oxygen atoms in total. The summed E-state index contributed by atoms with van der Waals surface area (Å²) >= 11 is 0. The minimum Gasteiger partial charge on any atom is -0.343 e. The SMILES string of the molecule is NC1CCC(CCC(=O)N2CCCCCCC2)CC1. The summed E-state index contributed by atoms with van der Waals surface area (Å²) in [5, 5.41) is 0. The maximum Gasteiger partial charge on any atom is 0.222 e. The number of hydrogen-bond donors (Lipinski definition) is 1. The highest BCUT2D eigenvalue weighted by atomic mass is 16.2. The van der Waals surface area contributed by atoms with Gasteiger partial charge in [-0.1, -0.05) is 19.3 Å². The lowest BCUT2D eigenvalue weighted by molar-refractivity contribution is -0.131. The summed E-state index contributed by atoms with van der Waals surface area (Å²) in [6.45, 7) is 1.99. The van der Waals surface area contributed by atoms with E-state index in [-0.39, 0.29) is 0 Å². The molecule has 1 aliphatic carbocycles. The first-order chi connectivity index (χ1) is 9.25. The van der Waals surface area contributed by atoms with E-state index in [1.165, 1.54) is 44.9 Å². The largest absolute Gasteiger partial charge is 0.343 e. The Hall–Kier alpha value is -0.570. The van der Waals surface area contributed by atoms with Gasteiger partial charge in [0.2, 0.25) is 5.91 Å². The minimum absolute atomic E-state index is 0.400. The Labute approximate surface area is 117 Å². The third-order valence-corrected chi connectivity index (χ3v) is 4.87. The number of carbonyl (C=O) groups excluding carboxylic acids is 1. The summed E-state index contributed by atoms with van der Waals surface area (Å²) in [6, 6.07) is 0.418. The van der Waals surface area contributed by atoms with Crippen molar-refractivity contribution in [3.05, 3.63) is 0 Å². The molecule has 2 N–H and O–H groups in total. The van der Waals surface area contributed by atoms with Gasteiger partial charge >= 0.3 is 0 Å². The Morgan fingerprint density at radius 2 is 1.53 bits per heavy atom. The fourth-order valence-electron chi connectivity index (χ4n) is 3.46. The first-order valence-corrected chi connectivity index (χ1v) is 8.29. The van der Waals surface area contributed by atoms with Gasteiger partial charge < -0.3 is 10.6 Å². The first kappa shape index (κ1) is 14.8. The van der Waals surface area contributed by atoms with Gasteiger partial charge in [0.1, 0.15) is 0 Å². The van der Waals surface area contributed by atoms with Gasteiger partial charge in [-0.15, -0.1) is 0 Å². The van der Waals surface area contributed by atoms with Crippen molar-refractivity contribution in [2.24, 2.45) is 11.7 Å². The molecule has 2 fully saturated rings. The summed E-state index contributed by atoms with van der Waals surface area (Å²) in [5.41, 5.74) is 5.93. The molecule has 2 rings (SSSR count). The Bertz CT molecular complexity index is 264. The van der Waals surface area contributed by atoms with E-state index in [1.54, 1.807) is 0 Å². The van der Waals surface area contributed by atoms with Crippen molar-refractivity contribution in [1.82, 2.24) is 4.90 Å². The van der Waals surface area contributed by atoms with Crippen LogP contribution in [0.5, 0.6) is 0 Å². The zero-order valence-corrected chi connectivity index (χ0v) is 12.3. The van der Waals surface area contributed by atoms with E-state index in [0.717, 1.165) is 44.7 Å². The lowest BCUT2D eigenvalue weighted by Gasteiger charge is -2.28. The molecular weight excluding hydrogens is 236 g/mol. The highest BCUT2D eigenvalue weighted by Crippen LogP contribution is 2.27. The van der Waals surface area contributed by atoms with Crippen molar-refractivity contribution in [2.75, 3.05) is 13.1 Å². The van der Waals surface area contributed by atoms with Crippen LogP contribution < -0.4 is 5.73 Å². The number of rotatable bonds is 3. The Kier molecular flexibility index (Phi) is 6.15. The maximum absolute atomic E-state index is 12.3. The normalized spacial score (nSPS) is 29.6. The van der Waals surface area contributed by atoms with E-state index in [1.807, 2.05) is 0 Å². The quantitative estimate of drug-likeness (QED) is 0.853. The third kappa shape index (κ3) is 5.13. The Morgan fingerprint density at radius 1 is 0.947 bits per heavy atom. The van der Waals surface area contributed by atoms with E-state index < -0.39 is 0 Å². The molecule has 1 aliphatic heterocycles. The van der Waals surface area contributed by atoms with Crippen molar-refractivity contribution in [3.63, 3.8) is 0 Å². The summed E-state index contributed by atoms with van der Waals surface area (Å²) in [7, 11) is 0. The molecule has 2 aliphatic rings. The average Bonchev–Trinajstić information content (AvgIpc) is 2.37. The van der Waals surface area contributed by atoms with Gasteiger partial charge in [-0.2, -0.15) is 0 Å². The van der Waals surface area contributed by atoms with E-state index in [4.69, 9.17) is 5.73 Å². The van der Waals surface area contributed by atoms with Crippen molar-refractivity contribution < 1.29 is 4.79 Å². The van der Waals surface area contributed by atoms with Crippen LogP contribution in [0, 0.1) is 5.92 Å². The minimum atomic E-state index is 0.400. The lowest BCUT2D eigenvalue weighted by atomic mass is 9.83. The van der Waals surface area contributed by atoms with Crippen LogP contribution in [0.4, 0.5) is 0 Å². The summed E-state index contributed by atoms with van der Waals surface area (Å²) in [4.78, 5) is 14.4. The zero-order chi connectivity index (χ0) is 13.5. The fourth-order valence-corrected chi connectivity index (χ4v) is 3.46. The van der Waals surface area contributed by atoms with Gasteiger partial charge in [0.05, 0.1) is 0 Å². The molecule has 1 saturated carbocycles. The smallest absolute Gasteiger partial charge is 0.222 e. The lowest BCUT2D eigenvalue weighted by Crippen LogP contribution is -2.34. The molecule has 110 valence electrons. The first-order valence-electron chi connectivity index (χ1n) is 8.29. The van der Waals surface area contributed by atoms with E-state index in [2.05, 4.69) is 4.90 Å². The van der Waals surface area contributed by atoms with E-state index >= 15 is 0 Å². The van der Waals surface area contributed by atoms with Crippen molar-refractivity contribution in [3.8, 4) is 0 Å². The predicted molar refractivity (Wildman–Crippen MR) is 78.8 cm³/mol. The third-order valence-electron chi connectivity index (χ3n) is 4.87. The number of hydrogen-bond acceptors (Lipinski definition) is 2. The Morgan fingerprint density at radius 3 is 2.16 bits per heavy atom. The van der Waals surface area contributed by atoms with Gasteiger partial charge in [-0.05, 0) is 50.9 Å². The van der Waals surface area contributed by atoms with Crippen LogP contribution in [0.1, 0.15) is 70.6 Å². The van der Waals surface area contributed by atoms with Crippen molar-refractivity contribution in [1.29, 1.82) is 0 Å². The second kappa shape index (κ2) is 7.88. The van der Waals surface area contributed by atoms with Crippen LogP contribution in [-0.4, -0.2) is 29.9 Å². The van der Waals surface area contributed by atoms with Crippen molar-refractivity contribution in [2.45, 2.75) is 76.7 Å². The number of carbonyl (C=O) groups is 1. The summed E-state index contributed by atoms with van der Waals surface area (Å²) in [5.74, 6) is 1.15. The van der Waals surface area contributed by atoms with Crippen LogP contribution in [0.2, 0.25) is 0 Å². The van der Waals surface area contributed by atoms with Gasteiger partial charge in [-0.3, -0.25) is 4.79 Å². The standard InChI is InChI=1S/C16H30N2O/c17-15-9-6-14(7-10-15)8-11-16(19)18-12-4-2-1-3-5-13-18/h14-15H,1-13,17H2. The van der Waals surface area contributed by atoms with E-state index in [9.17, 15) is 4.79 Å². The monoisotopic (exact) mass is 266 g/mol. The van der Waals surface area contributed by atoms with Gasteiger partial charge in [-0.25, -0.2) is 0 Å². The molecule has 0 unspecified atom stereocenters. The molecule has 0 spiro atoms. The predicted octanol–water partition coefficient (Wildman–Crippen LogP) is 3.08. The van der Waals surface area contributed by atoms with Crippen LogP contribution in [0.25, 0.3) is 0 Å². The molecule has 3 heteroatoms. The molecule has 1 amide bonds. The van der Waals surface area contributed by atoms with Gasteiger partial charge in [0.25, 0.3) is 0 Å². The highest BCUT2D eigenvalue weighted by Gasteiger charge is 2.21. The summed E-state index contributed by atoms with van der Waals surface area (Å²) < 4.78 is 0. The molecule has 0 atom stereocenters. The number of amides is 1. The van der Waals surface area contributed by atoms with Crippen LogP contribution in [-0.2, 0) is 4.79 Å². The fraction of sp³-hybridized carbons (Fsp3) is 0.938. The average molecular weight is 266 g/mol. The van der Waals surface area contributed by atoms with Crippen LogP contribution in [0.15, 0.2) is 0 Å². The second-order valence-electron chi connectivity index (χ2n) is 6.47. The highest BCUT2D eigenvalue weighted by molar-refractivity contribution is 5.76. The number of nitrogens with two attached hydrogens (primary N) is 1. The van der Waals surface area contributed by atoms with Gasteiger partial charge in [0.15, 0.2) is 0 Å². The van der Waals surface area contributed by atoms with Gasteiger partial charge in [0, 0.05) is 25.6 Å². The van der Waals surface area contributed by atoms with Crippen molar-refractivity contribution >= 4 is 5.91 Å². The van der Waals surface area contributed by atoms with Crippen LogP contribution >= 0.6 is 0 Å². The number of likely N-dealkylation sites (tertiary alicyclic amines) is 1. The molecule has 0 aromatic rings. The molecule has 0 aromatic heterocycles. The molecule has 1 heterocycles. The molecule has 0 aromatic carbocycles. The second-order valence-corrected chi connectivity index (χ2v) is 6.47. The summed E-state index contributed by atoms with van der Waals surface area (Å²) in [6.07, 6.45) is 13.0. The zero-order valence-electron chi connectivity index (χ0n) is 12.3. The van der Waals surface area contributed by atoms with Crippen LogP contribution in [0.3, 0.4) is 0 Å². The molecule has 0 bridgehead atoms. The molecule has 1 saturated heterocycles. The Balaban J connectivity index is 1.67. The van der Waals surface area contributed by atoms with E-state index in [0.29, 0.717) is 11.9 Å². The molecule has 19 heavy (non-hydrogen) atoms. The topological polar surface area (TPSA) is 46.3 Å². The molecular formula is C16H30N2O. The maximum atomic E-state index is 12.3.